The molecule has 0 aromatic heterocycles. The maximum atomic E-state index is 12.6. The van der Waals surface area contributed by atoms with Crippen molar-refractivity contribution in [2.45, 2.75) is 6.42 Å². The number of halogens is 1. The number of rotatable bonds is 2. The maximum absolute atomic E-state index is 12.6. The fraction of sp³-hybridized carbons (Fsp3) is 0.0833. The lowest BCUT2D eigenvalue weighted by Gasteiger charge is -2.05. The topological polar surface area (TPSA) is 21.6 Å². The normalized spacial score (nSPS) is 14.6. The third-order valence-electron chi connectivity index (χ3n) is 1.90. The summed E-state index contributed by atoms with van der Waals surface area (Å²) in [6.45, 7) is 0. The lowest BCUT2D eigenvalue weighted by molar-refractivity contribution is 0.441. The second-order valence-corrected chi connectivity index (χ2v) is 3.05. The maximum Gasteiger partial charge on any atom is 0.127 e. The first-order valence-electron chi connectivity index (χ1n) is 4.66. The largest absolute Gasteiger partial charge is 0.458 e. The van der Waals surface area contributed by atoms with Gasteiger partial charge in [0.2, 0.25) is 0 Å². The van der Waals surface area contributed by atoms with E-state index in [1.54, 1.807) is 30.6 Å². The molecule has 1 aromatic rings. The van der Waals surface area contributed by atoms with Crippen LogP contribution < -0.4 is 4.74 Å². The van der Waals surface area contributed by atoms with Gasteiger partial charge in [-0.1, -0.05) is 0 Å². The van der Waals surface area contributed by atoms with Crippen molar-refractivity contribution < 1.29 is 9.13 Å². The SMILES string of the molecule is Fc1ccc(OC2=CCC=NC=C2)cc1. The van der Waals surface area contributed by atoms with E-state index < -0.39 is 0 Å². The van der Waals surface area contributed by atoms with Gasteiger partial charge in [0.05, 0.1) is 0 Å². The van der Waals surface area contributed by atoms with Crippen molar-refractivity contribution in [1.82, 2.24) is 0 Å². The van der Waals surface area contributed by atoms with E-state index >= 15 is 0 Å². The number of hydrogen-bond acceptors (Lipinski definition) is 2. The lowest BCUT2D eigenvalue weighted by Crippen LogP contribution is -1.91. The van der Waals surface area contributed by atoms with Gasteiger partial charge in [0.15, 0.2) is 0 Å². The molecule has 0 radical (unpaired) electrons. The fourth-order valence-electron chi connectivity index (χ4n) is 1.19. The van der Waals surface area contributed by atoms with E-state index in [9.17, 15) is 4.39 Å². The van der Waals surface area contributed by atoms with Gasteiger partial charge >= 0.3 is 0 Å². The van der Waals surface area contributed by atoms with Crippen molar-refractivity contribution in [3.63, 3.8) is 0 Å². The Morgan fingerprint density at radius 3 is 2.80 bits per heavy atom. The highest BCUT2D eigenvalue weighted by Gasteiger charge is 1.98. The Hall–Kier alpha value is -1.90. The number of hydrogen-bond donors (Lipinski definition) is 0. The first-order chi connectivity index (χ1) is 7.34. The molecule has 1 heterocycles. The van der Waals surface area contributed by atoms with Gasteiger partial charge in [-0.2, -0.15) is 0 Å². The van der Waals surface area contributed by atoms with Gasteiger partial charge in [-0.15, -0.1) is 0 Å². The number of nitrogens with zero attached hydrogens (tertiary/aromatic N) is 1. The summed E-state index contributed by atoms with van der Waals surface area (Å²) in [6, 6.07) is 5.92. The van der Waals surface area contributed by atoms with E-state index in [-0.39, 0.29) is 5.82 Å². The molecular formula is C12H10FNO. The molecule has 0 unspecified atom stereocenters. The minimum absolute atomic E-state index is 0.268. The van der Waals surface area contributed by atoms with Gasteiger partial charge in [-0.25, -0.2) is 4.39 Å². The number of allylic oxidation sites excluding steroid dienone is 2. The van der Waals surface area contributed by atoms with Crippen LogP contribution in [0.3, 0.4) is 0 Å². The van der Waals surface area contributed by atoms with Gasteiger partial charge in [0, 0.05) is 18.8 Å². The highest BCUT2D eigenvalue weighted by Crippen LogP contribution is 2.16. The monoisotopic (exact) mass is 203 g/mol. The third kappa shape index (κ3) is 2.77. The molecule has 76 valence electrons. The van der Waals surface area contributed by atoms with Crippen LogP contribution in [0.25, 0.3) is 0 Å². The van der Waals surface area contributed by atoms with E-state index in [4.69, 9.17) is 4.74 Å². The molecule has 0 aliphatic carbocycles. The summed E-state index contributed by atoms with van der Waals surface area (Å²) >= 11 is 0. The average molecular weight is 203 g/mol. The molecule has 0 amide bonds. The quantitative estimate of drug-likeness (QED) is 0.723. The zero-order valence-corrected chi connectivity index (χ0v) is 8.06. The number of aliphatic imine (C=N–C) groups is 1. The van der Waals surface area contributed by atoms with Crippen molar-refractivity contribution in [3.8, 4) is 5.75 Å². The second kappa shape index (κ2) is 4.55. The average Bonchev–Trinajstić information content (AvgIpc) is 2.50. The molecule has 0 fully saturated rings. The lowest BCUT2D eigenvalue weighted by atomic mass is 10.3. The zero-order chi connectivity index (χ0) is 10.5. The van der Waals surface area contributed by atoms with Crippen molar-refractivity contribution >= 4 is 6.21 Å². The smallest absolute Gasteiger partial charge is 0.127 e. The highest BCUT2D eigenvalue weighted by atomic mass is 19.1. The summed E-state index contributed by atoms with van der Waals surface area (Å²) in [6.07, 6.45) is 7.88. The molecule has 1 aromatic carbocycles. The molecular weight excluding hydrogens is 193 g/mol. The summed E-state index contributed by atoms with van der Waals surface area (Å²) in [5.41, 5.74) is 0. The first kappa shape index (κ1) is 9.65. The molecule has 0 bridgehead atoms. The fourth-order valence-corrected chi connectivity index (χ4v) is 1.19. The summed E-state index contributed by atoms with van der Waals surface area (Å²) in [5.74, 6) is 1.07. The summed E-state index contributed by atoms with van der Waals surface area (Å²) in [4.78, 5) is 3.98. The molecule has 0 saturated heterocycles. The van der Waals surface area contributed by atoms with Crippen molar-refractivity contribution in [2.24, 2.45) is 4.99 Å². The zero-order valence-electron chi connectivity index (χ0n) is 8.06. The predicted molar refractivity (Wildman–Crippen MR) is 57.4 cm³/mol. The molecule has 2 rings (SSSR count). The van der Waals surface area contributed by atoms with Crippen LogP contribution in [0.2, 0.25) is 0 Å². The van der Waals surface area contributed by atoms with Crippen LogP contribution in [-0.2, 0) is 0 Å². The Morgan fingerprint density at radius 2 is 2.00 bits per heavy atom. The van der Waals surface area contributed by atoms with Crippen LogP contribution >= 0.6 is 0 Å². The third-order valence-corrected chi connectivity index (χ3v) is 1.90. The molecule has 1 aliphatic rings. The van der Waals surface area contributed by atoms with E-state index in [2.05, 4.69) is 4.99 Å². The molecule has 2 nitrogen and oxygen atoms in total. The van der Waals surface area contributed by atoms with Gasteiger partial charge in [-0.3, -0.25) is 4.99 Å². The molecule has 0 spiro atoms. The molecule has 3 heteroatoms. The molecule has 0 atom stereocenters. The first-order valence-corrected chi connectivity index (χ1v) is 4.66. The molecule has 1 aliphatic heterocycles. The summed E-state index contributed by atoms with van der Waals surface area (Å²) < 4.78 is 18.1. The summed E-state index contributed by atoms with van der Waals surface area (Å²) in [5, 5.41) is 0. The van der Waals surface area contributed by atoms with E-state index in [0.29, 0.717) is 5.75 Å². The Labute approximate surface area is 87.4 Å². The van der Waals surface area contributed by atoms with Crippen LogP contribution in [0, 0.1) is 5.82 Å². The van der Waals surface area contributed by atoms with Crippen LogP contribution in [0.5, 0.6) is 5.75 Å². The summed E-state index contributed by atoms with van der Waals surface area (Å²) in [7, 11) is 0. The van der Waals surface area contributed by atoms with E-state index in [0.717, 1.165) is 12.2 Å². The minimum atomic E-state index is -0.268. The van der Waals surface area contributed by atoms with Gasteiger partial charge in [0.25, 0.3) is 0 Å². The minimum Gasteiger partial charge on any atom is -0.458 e. The number of benzene rings is 1. The Balaban J connectivity index is 2.08. The highest BCUT2D eigenvalue weighted by molar-refractivity contribution is 5.61. The second-order valence-electron chi connectivity index (χ2n) is 3.05. The Morgan fingerprint density at radius 1 is 1.20 bits per heavy atom. The van der Waals surface area contributed by atoms with Crippen molar-refractivity contribution in [3.05, 3.63) is 54.2 Å². The van der Waals surface area contributed by atoms with Crippen LogP contribution in [0.1, 0.15) is 6.42 Å². The molecule has 0 N–H and O–H groups in total. The van der Waals surface area contributed by atoms with Gasteiger partial charge in [-0.05, 0) is 36.4 Å². The van der Waals surface area contributed by atoms with Crippen LogP contribution in [0.15, 0.2) is 53.4 Å². The van der Waals surface area contributed by atoms with Gasteiger partial charge < -0.3 is 4.74 Å². The van der Waals surface area contributed by atoms with Crippen molar-refractivity contribution in [2.75, 3.05) is 0 Å². The van der Waals surface area contributed by atoms with E-state index in [1.165, 1.54) is 12.1 Å². The van der Waals surface area contributed by atoms with Crippen molar-refractivity contribution in [1.29, 1.82) is 0 Å². The van der Waals surface area contributed by atoms with Crippen LogP contribution in [0.4, 0.5) is 4.39 Å². The Bertz CT molecular complexity index is 418. The Kier molecular flexibility index (Phi) is 2.93. The van der Waals surface area contributed by atoms with Crippen LogP contribution in [-0.4, -0.2) is 6.21 Å². The van der Waals surface area contributed by atoms with Gasteiger partial charge in [0.1, 0.15) is 17.3 Å². The molecule has 0 saturated carbocycles. The number of ether oxygens (including phenoxy) is 1. The predicted octanol–water partition coefficient (Wildman–Crippen LogP) is 3.08. The standard InChI is InChI=1S/C12H10FNO/c13-10-3-5-12(6-4-10)15-11-2-1-8-14-9-7-11/h2-9H,1H2. The van der Waals surface area contributed by atoms with E-state index in [1.807, 2.05) is 6.08 Å². The molecule has 15 heavy (non-hydrogen) atoms.